The molecule has 0 heterocycles. The predicted molar refractivity (Wildman–Crippen MR) is 54.3 cm³/mol. The second kappa shape index (κ2) is 3.22. The molecule has 0 spiro atoms. The zero-order valence-corrected chi connectivity index (χ0v) is 9.01. The summed E-state index contributed by atoms with van der Waals surface area (Å²) in [7, 11) is 0. The highest BCUT2D eigenvalue weighted by Crippen LogP contribution is 2.50. The minimum absolute atomic E-state index is 0.0533. The Kier molecular flexibility index (Phi) is 2.24. The minimum atomic E-state index is -0.774. The van der Waals surface area contributed by atoms with E-state index >= 15 is 0 Å². The van der Waals surface area contributed by atoms with Crippen LogP contribution in [0, 0.1) is 10.8 Å². The van der Waals surface area contributed by atoms with Crippen LogP contribution in [0.5, 0.6) is 0 Å². The van der Waals surface area contributed by atoms with E-state index in [0.29, 0.717) is 19.4 Å². The third kappa shape index (κ3) is 1.73. The first-order chi connectivity index (χ1) is 7.05. The van der Waals surface area contributed by atoms with E-state index in [0.717, 1.165) is 19.3 Å². The Balaban J connectivity index is 1.84. The average Bonchev–Trinajstić information content (AvgIpc) is 3.09. The van der Waals surface area contributed by atoms with E-state index in [1.807, 2.05) is 6.92 Å². The Bertz CT molecular complexity index is 303. The van der Waals surface area contributed by atoms with E-state index in [1.165, 1.54) is 0 Å². The summed E-state index contributed by atoms with van der Waals surface area (Å²) in [5, 5.41) is 11.7. The summed E-state index contributed by atoms with van der Waals surface area (Å²) < 4.78 is 0. The highest BCUT2D eigenvalue weighted by molar-refractivity contribution is 5.86. The molecule has 4 heteroatoms. The van der Waals surface area contributed by atoms with Crippen LogP contribution in [0.4, 0.5) is 0 Å². The van der Waals surface area contributed by atoms with Crippen LogP contribution in [0.2, 0.25) is 0 Å². The summed E-state index contributed by atoms with van der Waals surface area (Å²) in [4.78, 5) is 22.6. The van der Waals surface area contributed by atoms with Crippen molar-refractivity contribution >= 4 is 11.9 Å². The Morgan fingerprint density at radius 1 is 1.20 bits per heavy atom. The van der Waals surface area contributed by atoms with Gasteiger partial charge >= 0.3 is 5.97 Å². The van der Waals surface area contributed by atoms with Gasteiger partial charge in [-0.1, -0.05) is 6.92 Å². The molecular formula is C11H17NO3. The van der Waals surface area contributed by atoms with Crippen LogP contribution in [0.15, 0.2) is 0 Å². The molecule has 2 N–H and O–H groups in total. The molecular weight excluding hydrogens is 194 g/mol. The molecule has 0 aromatic carbocycles. The lowest BCUT2D eigenvalue weighted by Gasteiger charge is -2.15. The van der Waals surface area contributed by atoms with Crippen molar-refractivity contribution in [1.29, 1.82) is 0 Å². The topological polar surface area (TPSA) is 66.4 Å². The monoisotopic (exact) mass is 211 g/mol. The van der Waals surface area contributed by atoms with E-state index in [2.05, 4.69) is 5.32 Å². The van der Waals surface area contributed by atoms with Gasteiger partial charge in [0.2, 0.25) is 5.91 Å². The molecule has 0 aromatic heterocycles. The van der Waals surface area contributed by atoms with Crippen LogP contribution in [-0.4, -0.2) is 23.5 Å². The second-order valence-electron chi connectivity index (χ2n) is 4.90. The molecule has 1 amide bonds. The van der Waals surface area contributed by atoms with Gasteiger partial charge in [0, 0.05) is 12.0 Å². The average molecular weight is 211 g/mol. The number of carbonyl (C=O) groups is 2. The van der Waals surface area contributed by atoms with Gasteiger partial charge in [-0.2, -0.15) is 0 Å². The number of hydrogen-bond donors (Lipinski definition) is 2. The van der Waals surface area contributed by atoms with Gasteiger partial charge in [-0.05, 0) is 32.1 Å². The van der Waals surface area contributed by atoms with Crippen molar-refractivity contribution in [2.75, 3.05) is 6.54 Å². The van der Waals surface area contributed by atoms with Crippen LogP contribution in [0.3, 0.4) is 0 Å². The van der Waals surface area contributed by atoms with Crippen molar-refractivity contribution in [2.45, 2.75) is 39.0 Å². The van der Waals surface area contributed by atoms with Gasteiger partial charge in [-0.3, -0.25) is 9.59 Å². The molecule has 2 aliphatic rings. The van der Waals surface area contributed by atoms with Crippen molar-refractivity contribution in [2.24, 2.45) is 10.8 Å². The zero-order chi connectivity index (χ0) is 11.1. The summed E-state index contributed by atoms with van der Waals surface area (Å²) >= 11 is 0. The standard InChI is InChI=1S/C11H17NO3/c1-2-10(3-4-10)8(13)12-7-11(5-6-11)9(14)15/h2-7H2,1H3,(H,12,13)(H,14,15). The maximum atomic E-state index is 11.8. The first kappa shape index (κ1) is 10.5. The maximum Gasteiger partial charge on any atom is 0.311 e. The Morgan fingerprint density at radius 2 is 1.73 bits per heavy atom. The number of amides is 1. The van der Waals surface area contributed by atoms with Crippen molar-refractivity contribution in [3.63, 3.8) is 0 Å². The Morgan fingerprint density at radius 3 is 2.07 bits per heavy atom. The van der Waals surface area contributed by atoms with Crippen LogP contribution in [-0.2, 0) is 9.59 Å². The molecule has 0 saturated heterocycles. The minimum Gasteiger partial charge on any atom is -0.481 e. The quantitative estimate of drug-likeness (QED) is 0.717. The van der Waals surface area contributed by atoms with Crippen molar-refractivity contribution in [3.8, 4) is 0 Å². The number of carbonyl (C=O) groups excluding carboxylic acids is 1. The van der Waals surface area contributed by atoms with E-state index in [-0.39, 0.29) is 11.3 Å². The number of carboxylic acid groups (broad SMARTS) is 1. The zero-order valence-electron chi connectivity index (χ0n) is 9.01. The molecule has 2 aliphatic carbocycles. The lowest BCUT2D eigenvalue weighted by molar-refractivity contribution is -0.143. The number of nitrogens with one attached hydrogen (secondary N) is 1. The fourth-order valence-electron chi connectivity index (χ4n) is 1.95. The SMILES string of the molecule is CCC1(C(=O)NCC2(C(=O)O)CC2)CC1. The number of carboxylic acids is 1. The Hall–Kier alpha value is -1.06. The summed E-state index contributed by atoms with van der Waals surface area (Å²) in [5.41, 5.74) is -0.798. The first-order valence-electron chi connectivity index (χ1n) is 5.56. The molecule has 2 fully saturated rings. The second-order valence-corrected chi connectivity index (χ2v) is 4.90. The third-order valence-corrected chi connectivity index (χ3v) is 3.91. The predicted octanol–water partition coefficient (Wildman–Crippen LogP) is 1.16. The molecule has 0 aliphatic heterocycles. The van der Waals surface area contributed by atoms with Crippen LogP contribution in [0.25, 0.3) is 0 Å². The van der Waals surface area contributed by atoms with Gasteiger partial charge in [0.25, 0.3) is 0 Å². The van der Waals surface area contributed by atoms with Crippen molar-refractivity contribution < 1.29 is 14.7 Å². The number of aliphatic carboxylic acids is 1. The molecule has 84 valence electrons. The number of hydrogen-bond acceptors (Lipinski definition) is 2. The van der Waals surface area contributed by atoms with Gasteiger partial charge in [0.1, 0.15) is 0 Å². The molecule has 2 saturated carbocycles. The molecule has 0 unspecified atom stereocenters. The summed E-state index contributed by atoms with van der Waals surface area (Å²) in [5.74, 6) is -0.721. The van der Waals surface area contributed by atoms with Crippen LogP contribution < -0.4 is 5.32 Å². The molecule has 0 radical (unpaired) electrons. The molecule has 15 heavy (non-hydrogen) atoms. The first-order valence-corrected chi connectivity index (χ1v) is 5.56. The maximum absolute atomic E-state index is 11.8. The van der Waals surface area contributed by atoms with Crippen molar-refractivity contribution in [3.05, 3.63) is 0 Å². The van der Waals surface area contributed by atoms with Crippen molar-refractivity contribution in [1.82, 2.24) is 5.32 Å². The summed E-state index contributed by atoms with van der Waals surface area (Å²) in [6, 6.07) is 0. The lowest BCUT2D eigenvalue weighted by Crippen LogP contribution is -2.38. The molecule has 2 rings (SSSR count). The number of rotatable bonds is 5. The highest BCUT2D eigenvalue weighted by atomic mass is 16.4. The van der Waals surface area contributed by atoms with Crippen LogP contribution >= 0.6 is 0 Å². The van der Waals surface area contributed by atoms with E-state index < -0.39 is 11.4 Å². The smallest absolute Gasteiger partial charge is 0.311 e. The van der Waals surface area contributed by atoms with E-state index in [1.54, 1.807) is 0 Å². The summed E-state index contributed by atoms with van der Waals surface area (Å²) in [6.45, 7) is 2.32. The highest BCUT2D eigenvalue weighted by Gasteiger charge is 2.53. The van der Waals surface area contributed by atoms with Gasteiger partial charge in [-0.15, -0.1) is 0 Å². The van der Waals surface area contributed by atoms with E-state index in [4.69, 9.17) is 5.11 Å². The fourth-order valence-corrected chi connectivity index (χ4v) is 1.95. The normalized spacial score (nSPS) is 24.3. The fraction of sp³-hybridized carbons (Fsp3) is 0.818. The van der Waals surface area contributed by atoms with E-state index in [9.17, 15) is 9.59 Å². The Labute approximate surface area is 89.0 Å². The molecule has 0 bridgehead atoms. The lowest BCUT2D eigenvalue weighted by atomic mass is 10.0. The largest absolute Gasteiger partial charge is 0.481 e. The molecule has 0 atom stereocenters. The molecule has 4 nitrogen and oxygen atoms in total. The van der Waals surface area contributed by atoms with Gasteiger partial charge in [-0.25, -0.2) is 0 Å². The third-order valence-electron chi connectivity index (χ3n) is 3.91. The summed E-state index contributed by atoms with van der Waals surface area (Å²) in [6.07, 6.45) is 4.16. The van der Waals surface area contributed by atoms with Crippen LogP contribution in [0.1, 0.15) is 39.0 Å². The molecule has 0 aromatic rings. The van der Waals surface area contributed by atoms with Gasteiger partial charge in [0.15, 0.2) is 0 Å². The van der Waals surface area contributed by atoms with Gasteiger partial charge < -0.3 is 10.4 Å². The van der Waals surface area contributed by atoms with Gasteiger partial charge in [0.05, 0.1) is 5.41 Å².